The third-order valence-corrected chi connectivity index (χ3v) is 2.57. The molecule has 0 bridgehead atoms. The van der Waals surface area contributed by atoms with Gasteiger partial charge >= 0.3 is 0 Å². The highest BCUT2D eigenvalue weighted by atomic mass is 14.8. The number of para-hydroxylation sites is 1. The van der Waals surface area contributed by atoms with E-state index in [1.165, 1.54) is 5.39 Å². The molecule has 0 radical (unpaired) electrons. The van der Waals surface area contributed by atoms with Crippen LogP contribution < -0.4 is 0 Å². The Morgan fingerprint density at radius 2 is 2.17 bits per heavy atom. The SMILES string of the molecule is C=C/C(=C\C=C/C)N=Cc1cc2ccccc2[nH]1. The van der Waals surface area contributed by atoms with Crippen molar-refractivity contribution >= 4 is 17.1 Å². The molecular weight excluding hydrogens is 220 g/mol. The summed E-state index contributed by atoms with van der Waals surface area (Å²) in [6.45, 7) is 5.71. The number of hydrogen-bond donors (Lipinski definition) is 1. The van der Waals surface area contributed by atoms with E-state index in [-0.39, 0.29) is 0 Å². The van der Waals surface area contributed by atoms with E-state index in [0.717, 1.165) is 16.9 Å². The number of hydrogen-bond acceptors (Lipinski definition) is 1. The first kappa shape index (κ1) is 12.1. The standard InChI is InChI=1S/C16H16N2/c1-3-5-9-14(4-2)17-12-15-11-13-8-6-7-10-16(13)18-15/h3-12,18H,2H2,1H3/b5-3-,14-9+,17-12?. The molecular formula is C16H16N2. The molecule has 1 heterocycles. The van der Waals surface area contributed by atoms with Gasteiger partial charge < -0.3 is 4.98 Å². The van der Waals surface area contributed by atoms with E-state index in [9.17, 15) is 0 Å². The second-order valence-corrected chi connectivity index (χ2v) is 3.89. The molecule has 1 aromatic carbocycles. The number of rotatable bonds is 4. The summed E-state index contributed by atoms with van der Waals surface area (Å²) in [4.78, 5) is 7.68. The minimum absolute atomic E-state index is 0.840. The lowest BCUT2D eigenvalue weighted by atomic mass is 10.2. The predicted octanol–water partition coefficient (Wildman–Crippen LogP) is 4.23. The largest absolute Gasteiger partial charge is 0.354 e. The van der Waals surface area contributed by atoms with E-state index in [0.29, 0.717) is 0 Å². The van der Waals surface area contributed by atoms with Crippen molar-refractivity contribution < 1.29 is 0 Å². The molecule has 0 saturated carbocycles. The van der Waals surface area contributed by atoms with Crippen molar-refractivity contribution in [3.63, 3.8) is 0 Å². The fourth-order valence-electron chi connectivity index (χ4n) is 1.67. The highest BCUT2D eigenvalue weighted by molar-refractivity contribution is 5.89. The van der Waals surface area contributed by atoms with Crippen molar-refractivity contribution in [1.29, 1.82) is 0 Å². The van der Waals surface area contributed by atoms with Gasteiger partial charge in [0.25, 0.3) is 0 Å². The molecule has 0 aliphatic rings. The summed E-state index contributed by atoms with van der Waals surface area (Å²) in [6.07, 6.45) is 9.38. The van der Waals surface area contributed by atoms with E-state index >= 15 is 0 Å². The highest BCUT2D eigenvalue weighted by Crippen LogP contribution is 2.13. The van der Waals surface area contributed by atoms with Crippen LogP contribution in [-0.4, -0.2) is 11.2 Å². The van der Waals surface area contributed by atoms with Gasteiger partial charge in [-0.1, -0.05) is 36.9 Å². The first-order chi connectivity index (χ1) is 8.83. The number of aromatic amines is 1. The zero-order valence-corrected chi connectivity index (χ0v) is 10.4. The Labute approximate surface area is 107 Å². The van der Waals surface area contributed by atoms with Crippen LogP contribution in [0.2, 0.25) is 0 Å². The fourth-order valence-corrected chi connectivity index (χ4v) is 1.67. The van der Waals surface area contributed by atoms with Crippen LogP contribution in [0.3, 0.4) is 0 Å². The van der Waals surface area contributed by atoms with Gasteiger partial charge in [-0.2, -0.15) is 0 Å². The lowest BCUT2D eigenvalue weighted by molar-refractivity contribution is 1.38. The number of allylic oxidation sites excluding steroid dienone is 4. The number of nitrogens with zero attached hydrogens (tertiary/aromatic N) is 1. The second-order valence-electron chi connectivity index (χ2n) is 3.89. The zero-order chi connectivity index (χ0) is 12.8. The second kappa shape index (κ2) is 5.82. The van der Waals surface area contributed by atoms with Gasteiger partial charge in [0.15, 0.2) is 0 Å². The van der Waals surface area contributed by atoms with Gasteiger partial charge in [-0.15, -0.1) is 0 Å². The third-order valence-electron chi connectivity index (χ3n) is 2.57. The Morgan fingerprint density at radius 1 is 1.33 bits per heavy atom. The zero-order valence-electron chi connectivity index (χ0n) is 10.4. The topological polar surface area (TPSA) is 28.1 Å². The summed E-state index contributed by atoms with van der Waals surface area (Å²) in [7, 11) is 0. The number of nitrogens with one attached hydrogen (secondary N) is 1. The number of H-pyrrole nitrogens is 1. The summed E-state index contributed by atoms with van der Waals surface area (Å²) < 4.78 is 0. The molecule has 0 atom stereocenters. The molecule has 0 saturated heterocycles. The van der Waals surface area contributed by atoms with E-state index < -0.39 is 0 Å². The van der Waals surface area contributed by atoms with Gasteiger partial charge in [0.2, 0.25) is 0 Å². The van der Waals surface area contributed by atoms with E-state index in [4.69, 9.17) is 0 Å². The van der Waals surface area contributed by atoms with Crippen molar-refractivity contribution in [2.45, 2.75) is 6.92 Å². The summed E-state index contributed by atoms with van der Waals surface area (Å²) in [5.41, 5.74) is 2.95. The Hall–Kier alpha value is -2.35. The van der Waals surface area contributed by atoms with Crippen LogP contribution in [0.25, 0.3) is 10.9 Å². The van der Waals surface area contributed by atoms with Gasteiger partial charge in [-0.05, 0) is 31.2 Å². The van der Waals surface area contributed by atoms with Crippen molar-refractivity contribution in [1.82, 2.24) is 4.98 Å². The number of aromatic nitrogens is 1. The van der Waals surface area contributed by atoms with Crippen LogP contribution in [-0.2, 0) is 0 Å². The number of fused-ring (bicyclic) bond motifs is 1. The van der Waals surface area contributed by atoms with Crippen LogP contribution in [0.15, 0.2) is 71.9 Å². The summed E-state index contributed by atoms with van der Waals surface area (Å²) in [5.74, 6) is 0. The van der Waals surface area contributed by atoms with Gasteiger partial charge in [0.1, 0.15) is 0 Å². The molecule has 90 valence electrons. The highest BCUT2D eigenvalue weighted by Gasteiger charge is 1.96. The molecule has 2 nitrogen and oxygen atoms in total. The normalized spacial score (nSPS) is 12.8. The average molecular weight is 236 g/mol. The van der Waals surface area contributed by atoms with Crippen molar-refractivity contribution in [3.05, 3.63) is 72.6 Å². The number of aliphatic imine (C=N–C) groups is 1. The van der Waals surface area contributed by atoms with Crippen LogP contribution in [0.1, 0.15) is 12.6 Å². The maximum atomic E-state index is 4.38. The lowest BCUT2D eigenvalue weighted by Gasteiger charge is -1.90. The Morgan fingerprint density at radius 3 is 2.89 bits per heavy atom. The first-order valence-corrected chi connectivity index (χ1v) is 5.90. The van der Waals surface area contributed by atoms with Crippen molar-refractivity contribution in [3.8, 4) is 0 Å². The lowest BCUT2D eigenvalue weighted by Crippen LogP contribution is -1.80. The molecule has 0 spiro atoms. The predicted molar refractivity (Wildman–Crippen MR) is 79.0 cm³/mol. The smallest absolute Gasteiger partial charge is 0.0624 e. The van der Waals surface area contributed by atoms with Crippen LogP contribution in [0.4, 0.5) is 0 Å². The summed E-state index contributed by atoms with van der Waals surface area (Å²) in [6, 6.07) is 10.2. The Balaban J connectivity index is 2.24. The Bertz CT molecular complexity index is 594. The van der Waals surface area contributed by atoms with E-state index in [2.05, 4.69) is 34.8 Å². The number of benzene rings is 1. The molecule has 2 heteroatoms. The molecule has 2 aromatic rings. The molecule has 1 aromatic heterocycles. The van der Waals surface area contributed by atoms with Crippen molar-refractivity contribution in [2.24, 2.45) is 4.99 Å². The first-order valence-electron chi connectivity index (χ1n) is 5.90. The third kappa shape index (κ3) is 2.86. The fraction of sp³-hybridized carbons (Fsp3) is 0.0625. The van der Waals surface area contributed by atoms with Gasteiger partial charge in [0.05, 0.1) is 17.6 Å². The van der Waals surface area contributed by atoms with Crippen LogP contribution in [0.5, 0.6) is 0 Å². The molecule has 0 amide bonds. The molecule has 1 N–H and O–H groups in total. The van der Waals surface area contributed by atoms with E-state index in [1.807, 2.05) is 43.5 Å². The van der Waals surface area contributed by atoms with Crippen LogP contribution in [0, 0.1) is 0 Å². The summed E-state index contributed by atoms with van der Waals surface area (Å²) >= 11 is 0. The molecule has 2 rings (SSSR count). The maximum absolute atomic E-state index is 4.38. The van der Waals surface area contributed by atoms with Gasteiger partial charge in [-0.3, -0.25) is 4.99 Å². The molecule has 0 unspecified atom stereocenters. The molecule has 0 aliphatic heterocycles. The van der Waals surface area contributed by atoms with E-state index in [1.54, 1.807) is 6.08 Å². The van der Waals surface area contributed by atoms with Gasteiger partial charge in [-0.25, -0.2) is 0 Å². The quantitative estimate of drug-likeness (QED) is 0.607. The monoisotopic (exact) mass is 236 g/mol. The van der Waals surface area contributed by atoms with Crippen molar-refractivity contribution in [2.75, 3.05) is 0 Å². The minimum atomic E-state index is 0.840. The molecule has 0 fully saturated rings. The van der Waals surface area contributed by atoms with Crippen LogP contribution >= 0.6 is 0 Å². The molecule has 0 aliphatic carbocycles. The summed E-state index contributed by atoms with van der Waals surface area (Å²) in [5, 5.41) is 1.19. The Kier molecular flexibility index (Phi) is 3.92. The van der Waals surface area contributed by atoms with Gasteiger partial charge in [0, 0.05) is 10.9 Å². The minimum Gasteiger partial charge on any atom is -0.354 e. The maximum Gasteiger partial charge on any atom is 0.0624 e. The molecule has 18 heavy (non-hydrogen) atoms. The average Bonchev–Trinajstić information content (AvgIpc) is 2.81.